The van der Waals surface area contributed by atoms with Crippen LogP contribution in [0.3, 0.4) is 0 Å². The number of amides is 2. The van der Waals surface area contributed by atoms with E-state index >= 15 is 0 Å². The first-order valence-electron chi connectivity index (χ1n) is 8.91. The molecule has 0 radical (unpaired) electrons. The molecule has 0 saturated heterocycles. The second-order valence-corrected chi connectivity index (χ2v) is 8.13. The summed E-state index contributed by atoms with van der Waals surface area (Å²) in [5.74, 6) is -1.11. The maximum Gasteiger partial charge on any atom is 0.270 e. The molecule has 2 aromatic rings. The van der Waals surface area contributed by atoms with Crippen LogP contribution in [0.1, 0.15) is 42.7 Å². The summed E-state index contributed by atoms with van der Waals surface area (Å²) >= 11 is 9.49. The van der Waals surface area contributed by atoms with Gasteiger partial charge in [-0.2, -0.15) is 0 Å². The first-order valence-corrected chi connectivity index (χ1v) is 10.1. The maximum absolute atomic E-state index is 12.8. The average Bonchev–Trinajstić information content (AvgIpc) is 2.65. The molecule has 0 aliphatic carbocycles. The number of hydrogen-bond acceptors (Lipinski definition) is 4. The molecule has 29 heavy (non-hydrogen) atoms. The van der Waals surface area contributed by atoms with E-state index in [-0.39, 0.29) is 34.1 Å². The van der Waals surface area contributed by atoms with E-state index in [2.05, 4.69) is 26.6 Å². The van der Waals surface area contributed by atoms with E-state index in [1.165, 1.54) is 12.1 Å². The summed E-state index contributed by atoms with van der Waals surface area (Å²) in [5.41, 5.74) is 0.759. The Hall–Kier alpha value is -2.45. The van der Waals surface area contributed by atoms with Gasteiger partial charge in [0.25, 0.3) is 11.6 Å². The van der Waals surface area contributed by atoms with Crippen molar-refractivity contribution in [1.82, 2.24) is 10.6 Å². The number of carbonyl (C=O) groups is 2. The van der Waals surface area contributed by atoms with Crippen molar-refractivity contribution in [1.29, 1.82) is 0 Å². The molecule has 0 saturated carbocycles. The van der Waals surface area contributed by atoms with E-state index in [9.17, 15) is 19.7 Å². The van der Waals surface area contributed by atoms with Crippen molar-refractivity contribution in [2.24, 2.45) is 5.92 Å². The summed E-state index contributed by atoms with van der Waals surface area (Å²) in [4.78, 5) is 35.7. The highest BCUT2D eigenvalue weighted by atomic mass is 79.9. The Kier molecular flexibility index (Phi) is 7.75. The van der Waals surface area contributed by atoms with Crippen LogP contribution in [0.4, 0.5) is 5.69 Å². The van der Waals surface area contributed by atoms with Crippen LogP contribution in [-0.4, -0.2) is 22.8 Å². The lowest BCUT2D eigenvalue weighted by Gasteiger charge is -2.24. The Balaban J connectivity index is 2.15. The minimum Gasteiger partial charge on any atom is -0.348 e. The van der Waals surface area contributed by atoms with Crippen molar-refractivity contribution in [3.8, 4) is 0 Å². The van der Waals surface area contributed by atoms with E-state index in [1.54, 1.807) is 0 Å². The average molecular weight is 483 g/mol. The molecule has 2 aromatic carbocycles. The van der Waals surface area contributed by atoms with Gasteiger partial charge in [0.1, 0.15) is 6.04 Å². The van der Waals surface area contributed by atoms with Crippen LogP contribution >= 0.6 is 27.5 Å². The number of nitrogens with zero attached hydrogens (tertiary/aromatic N) is 1. The lowest BCUT2D eigenvalue weighted by atomic mass is 10.0. The molecule has 0 aliphatic rings. The summed E-state index contributed by atoms with van der Waals surface area (Å²) < 4.78 is 0.871. The molecule has 2 amide bonds. The van der Waals surface area contributed by atoms with Crippen molar-refractivity contribution >= 4 is 45.0 Å². The third-order valence-corrected chi connectivity index (χ3v) is 5.41. The maximum atomic E-state index is 12.8. The Morgan fingerprint density at radius 3 is 2.31 bits per heavy atom. The van der Waals surface area contributed by atoms with Gasteiger partial charge in [-0.25, -0.2) is 0 Å². The van der Waals surface area contributed by atoms with E-state index in [0.717, 1.165) is 16.1 Å². The Morgan fingerprint density at radius 2 is 1.76 bits per heavy atom. The molecule has 2 N–H and O–H groups in total. The van der Waals surface area contributed by atoms with Gasteiger partial charge in [-0.3, -0.25) is 19.7 Å². The second-order valence-electron chi connectivity index (χ2n) is 6.87. The van der Waals surface area contributed by atoms with Gasteiger partial charge in [-0.05, 0) is 30.5 Å². The minimum atomic E-state index is -0.807. The van der Waals surface area contributed by atoms with Crippen LogP contribution in [-0.2, 0) is 4.79 Å². The highest BCUT2D eigenvalue weighted by Gasteiger charge is 2.27. The molecule has 2 rings (SSSR count). The molecule has 0 fully saturated rings. The van der Waals surface area contributed by atoms with Crippen molar-refractivity contribution in [3.63, 3.8) is 0 Å². The molecule has 2 atom stereocenters. The van der Waals surface area contributed by atoms with Crippen molar-refractivity contribution < 1.29 is 14.5 Å². The van der Waals surface area contributed by atoms with Crippen LogP contribution in [0.2, 0.25) is 5.02 Å². The molecular weight excluding hydrogens is 462 g/mol. The fourth-order valence-corrected chi connectivity index (χ4v) is 3.65. The summed E-state index contributed by atoms with van der Waals surface area (Å²) in [5, 5.41) is 16.4. The standard InChI is InChI=1S/C20H21BrClN3O4/c1-11(2)18(20(27)23-12(3)14-6-4-5-7-16(14)21)24-19(26)15-9-8-13(25(28)29)10-17(15)22/h4-12,18H,1-3H3,(H,23,27)(H,24,26)/t12?,18-/m0/s1. The molecule has 0 bridgehead atoms. The van der Waals surface area contributed by atoms with Gasteiger partial charge in [0.05, 0.1) is 21.6 Å². The second kappa shape index (κ2) is 9.84. The van der Waals surface area contributed by atoms with Gasteiger partial charge >= 0.3 is 0 Å². The summed E-state index contributed by atoms with van der Waals surface area (Å²) in [6, 6.07) is 10.0. The number of nitro benzene ring substituents is 1. The quantitative estimate of drug-likeness (QED) is 0.443. The SMILES string of the molecule is CC(NC(=O)[C@@H](NC(=O)c1ccc([N+](=O)[O-])cc1Cl)C(C)C)c1ccccc1Br. The molecule has 7 nitrogen and oxygen atoms in total. The monoisotopic (exact) mass is 481 g/mol. The molecule has 0 aliphatic heterocycles. The van der Waals surface area contributed by atoms with Gasteiger partial charge < -0.3 is 10.6 Å². The van der Waals surface area contributed by atoms with Crippen LogP contribution < -0.4 is 10.6 Å². The lowest BCUT2D eigenvalue weighted by molar-refractivity contribution is -0.384. The van der Waals surface area contributed by atoms with E-state index in [4.69, 9.17) is 11.6 Å². The number of non-ortho nitro benzene ring substituents is 1. The lowest BCUT2D eigenvalue weighted by Crippen LogP contribution is -2.50. The molecule has 154 valence electrons. The normalized spacial score (nSPS) is 12.9. The zero-order valence-corrected chi connectivity index (χ0v) is 18.5. The van der Waals surface area contributed by atoms with E-state index < -0.39 is 16.9 Å². The number of benzene rings is 2. The van der Waals surface area contributed by atoms with E-state index in [1.807, 2.05) is 45.0 Å². The highest BCUT2D eigenvalue weighted by molar-refractivity contribution is 9.10. The van der Waals surface area contributed by atoms with Gasteiger partial charge in [0, 0.05) is 16.6 Å². The summed E-state index contributed by atoms with van der Waals surface area (Å²) in [6.07, 6.45) is 0. The minimum absolute atomic E-state index is 0.0544. The number of nitro groups is 1. The molecule has 0 heterocycles. The Morgan fingerprint density at radius 1 is 1.10 bits per heavy atom. The number of halogens is 2. The molecule has 1 unspecified atom stereocenters. The predicted octanol–water partition coefficient (Wildman–Crippen LogP) is 4.64. The zero-order chi connectivity index (χ0) is 21.7. The van der Waals surface area contributed by atoms with E-state index in [0.29, 0.717) is 0 Å². The van der Waals surface area contributed by atoms with Gasteiger partial charge in [0.15, 0.2) is 0 Å². The Bertz CT molecular complexity index is 936. The fraction of sp³-hybridized carbons (Fsp3) is 0.300. The zero-order valence-electron chi connectivity index (χ0n) is 16.1. The van der Waals surface area contributed by atoms with Crippen LogP contribution in [0.15, 0.2) is 46.9 Å². The Labute approximate surface area is 182 Å². The van der Waals surface area contributed by atoms with Crippen molar-refractivity contribution in [2.75, 3.05) is 0 Å². The van der Waals surface area contributed by atoms with Gasteiger partial charge in [-0.15, -0.1) is 0 Å². The molecule has 0 spiro atoms. The fourth-order valence-electron chi connectivity index (χ4n) is 2.76. The van der Waals surface area contributed by atoms with Crippen molar-refractivity contribution in [2.45, 2.75) is 32.9 Å². The molecular formula is C20H21BrClN3O4. The third-order valence-electron chi connectivity index (χ3n) is 4.37. The molecule has 9 heteroatoms. The number of rotatable bonds is 7. The summed E-state index contributed by atoms with van der Waals surface area (Å²) in [7, 11) is 0. The van der Waals surface area contributed by atoms with Crippen molar-refractivity contribution in [3.05, 3.63) is 73.2 Å². The first kappa shape index (κ1) is 22.8. The summed E-state index contributed by atoms with van der Waals surface area (Å²) in [6.45, 7) is 5.47. The van der Waals surface area contributed by atoms with Crippen LogP contribution in [0.25, 0.3) is 0 Å². The number of nitrogens with one attached hydrogen (secondary N) is 2. The van der Waals surface area contributed by atoms with Gasteiger partial charge in [-0.1, -0.05) is 59.6 Å². The van der Waals surface area contributed by atoms with Crippen LogP contribution in [0, 0.1) is 16.0 Å². The third kappa shape index (κ3) is 5.77. The number of hydrogen-bond donors (Lipinski definition) is 2. The molecule has 0 aromatic heterocycles. The van der Waals surface area contributed by atoms with Gasteiger partial charge in [0.2, 0.25) is 5.91 Å². The largest absolute Gasteiger partial charge is 0.348 e. The highest BCUT2D eigenvalue weighted by Crippen LogP contribution is 2.24. The van der Waals surface area contributed by atoms with Crippen LogP contribution in [0.5, 0.6) is 0 Å². The predicted molar refractivity (Wildman–Crippen MR) is 115 cm³/mol. The first-order chi connectivity index (χ1) is 13.6. The topological polar surface area (TPSA) is 101 Å². The smallest absolute Gasteiger partial charge is 0.270 e. The number of carbonyl (C=O) groups excluding carboxylic acids is 2.